The van der Waals surface area contributed by atoms with Crippen LogP contribution in [0.3, 0.4) is 0 Å². The van der Waals surface area contributed by atoms with Gasteiger partial charge >= 0.3 is 0 Å². The number of piperidine rings is 1. The predicted octanol–water partition coefficient (Wildman–Crippen LogP) is 1.62. The van der Waals surface area contributed by atoms with Crippen molar-refractivity contribution in [1.82, 2.24) is 14.1 Å². The third kappa shape index (κ3) is 4.98. The predicted molar refractivity (Wildman–Crippen MR) is 112 cm³/mol. The lowest BCUT2D eigenvalue weighted by Crippen LogP contribution is -2.49. The lowest BCUT2D eigenvalue weighted by Gasteiger charge is -2.37. The van der Waals surface area contributed by atoms with Crippen LogP contribution in [-0.2, 0) is 26.2 Å². The molecule has 1 atom stereocenters. The Morgan fingerprint density at radius 3 is 2.38 bits per heavy atom. The van der Waals surface area contributed by atoms with Crippen molar-refractivity contribution in [2.45, 2.75) is 45.7 Å². The van der Waals surface area contributed by atoms with Crippen molar-refractivity contribution >= 4 is 21.8 Å². The second-order valence-electron chi connectivity index (χ2n) is 8.13. The number of nitrogens with zero attached hydrogens (tertiary/aromatic N) is 3. The van der Waals surface area contributed by atoms with Gasteiger partial charge in [-0.15, -0.1) is 0 Å². The molecule has 1 unspecified atom stereocenters. The highest BCUT2D eigenvalue weighted by Crippen LogP contribution is 2.25. The van der Waals surface area contributed by atoms with E-state index >= 15 is 0 Å². The SMILES string of the molecule is CCS(=O)(=O)N(C)C1CCN(C(=O)C2CC(=O)N(Cc3ccc(C)cc3)C2)CC1. The Bertz CT molecular complexity index is 845. The van der Waals surface area contributed by atoms with Crippen molar-refractivity contribution in [3.63, 3.8) is 0 Å². The van der Waals surface area contributed by atoms with Gasteiger partial charge in [0.2, 0.25) is 21.8 Å². The first-order valence-electron chi connectivity index (χ1n) is 10.3. The van der Waals surface area contributed by atoms with Crippen LogP contribution in [0, 0.1) is 12.8 Å². The van der Waals surface area contributed by atoms with Crippen LogP contribution in [0.4, 0.5) is 0 Å². The molecule has 2 aliphatic rings. The van der Waals surface area contributed by atoms with Gasteiger partial charge in [0.25, 0.3) is 0 Å². The summed E-state index contributed by atoms with van der Waals surface area (Å²) in [7, 11) is -1.60. The Morgan fingerprint density at radius 2 is 1.79 bits per heavy atom. The van der Waals surface area contributed by atoms with Gasteiger partial charge in [0, 0.05) is 45.7 Å². The van der Waals surface area contributed by atoms with Crippen molar-refractivity contribution in [2.75, 3.05) is 32.4 Å². The molecule has 0 aromatic heterocycles. The standard InChI is InChI=1S/C21H31N3O4S/c1-4-29(27,28)22(3)19-9-11-23(12-10-19)21(26)18-13-20(25)24(15-18)14-17-7-5-16(2)6-8-17/h5-8,18-19H,4,9-15H2,1-3H3. The quantitative estimate of drug-likeness (QED) is 0.699. The molecule has 29 heavy (non-hydrogen) atoms. The topological polar surface area (TPSA) is 78.0 Å². The molecule has 0 saturated carbocycles. The largest absolute Gasteiger partial charge is 0.342 e. The first-order chi connectivity index (χ1) is 13.7. The molecule has 0 spiro atoms. The molecular formula is C21H31N3O4S. The molecule has 8 heteroatoms. The summed E-state index contributed by atoms with van der Waals surface area (Å²) in [5.74, 6) is -0.178. The number of rotatable bonds is 6. The van der Waals surface area contributed by atoms with E-state index in [0.29, 0.717) is 39.0 Å². The summed E-state index contributed by atoms with van der Waals surface area (Å²) in [4.78, 5) is 28.9. The molecule has 2 heterocycles. The molecule has 0 bridgehead atoms. The van der Waals surface area contributed by atoms with E-state index in [4.69, 9.17) is 0 Å². The van der Waals surface area contributed by atoms with E-state index in [0.717, 1.165) is 5.56 Å². The van der Waals surface area contributed by atoms with Crippen molar-refractivity contribution in [2.24, 2.45) is 5.92 Å². The van der Waals surface area contributed by atoms with E-state index in [1.165, 1.54) is 9.87 Å². The van der Waals surface area contributed by atoms with Crippen LogP contribution in [0.25, 0.3) is 0 Å². The van der Waals surface area contributed by atoms with Crippen LogP contribution >= 0.6 is 0 Å². The summed E-state index contributed by atoms with van der Waals surface area (Å²) in [6, 6.07) is 8.02. The highest BCUT2D eigenvalue weighted by Gasteiger charge is 2.38. The van der Waals surface area contributed by atoms with E-state index in [2.05, 4.69) is 0 Å². The monoisotopic (exact) mass is 421 g/mol. The first-order valence-corrected chi connectivity index (χ1v) is 11.9. The number of hydrogen-bond acceptors (Lipinski definition) is 4. The van der Waals surface area contributed by atoms with Crippen LogP contribution in [0.2, 0.25) is 0 Å². The first kappa shape index (κ1) is 21.8. The molecule has 2 saturated heterocycles. The van der Waals surface area contributed by atoms with E-state index < -0.39 is 10.0 Å². The zero-order chi connectivity index (χ0) is 21.2. The van der Waals surface area contributed by atoms with Gasteiger partial charge in [-0.1, -0.05) is 29.8 Å². The molecule has 7 nitrogen and oxygen atoms in total. The van der Waals surface area contributed by atoms with Gasteiger partial charge in [0.15, 0.2) is 0 Å². The van der Waals surface area contributed by atoms with Crippen molar-refractivity contribution in [3.05, 3.63) is 35.4 Å². The van der Waals surface area contributed by atoms with Gasteiger partial charge < -0.3 is 9.80 Å². The number of carbonyl (C=O) groups is 2. The van der Waals surface area contributed by atoms with E-state index in [1.807, 2.05) is 31.2 Å². The number of amides is 2. The lowest BCUT2D eigenvalue weighted by molar-refractivity contribution is -0.137. The van der Waals surface area contributed by atoms with E-state index in [-0.39, 0.29) is 35.9 Å². The number of carbonyl (C=O) groups excluding carboxylic acids is 2. The lowest BCUT2D eigenvalue weighted by atomic mass is 10.0. The van der Waals surface area contributed by atoms with E-state index in [1.54, 1.807) is 23.8 Å². The summed E-state index contributed by atoms with van der Waals surface area (Å²) in [5, 5.41) is 0. The molecule has 0 radical (unpaired) electrons. The number of sulfonamides is 1. The van der Waals surface area contributed by atoms with Gasteiger partial charge in [-0.3, -0.25) is 9.59 Å². The average Bonchev–Trinajstić information content (AvgIpc) is 3.09. The van der Waals surface area contributed by atoms with Crippen LogP contribution in [0.5, 0.6) is 0 Å². The number of hydrogen-bond donors (Lipinski definition) is 0. The smallest absolute Gasteiger partial charge is 0.227 e. The van der Waals surface area contributed by atoms with Crippen LogP contribution in [0.1, 0.15) is 37.3 Å². The summed E-state index contributed by atoms with van der Waals surface area (Å²) < 4.78 is 25.6. The fraction of sp³-hybridized carbons (Fsp3) is 0.619. The molecular weight excluding hydrogens is 390 g/mol. The Kier molecular flexibility index (Phi) is 6.63. The maximum Gasteiger partial charge on any atom is 0.227 e. The Morgan fingerprint density at radius 1 is 1.17 bits per heavy atom. The summed E-state index contributed by atoms with van der Waals surface area (Å²) in [6.07, 6.45) is 1.53. The Balaban J connectivity index is 1.54. The third-order valence-corrected chi connectivity index (χ3v) is 8.06. The van der Waals surface area contributed by atoms with Crippen LogP contribution in [0.15, 0.2) is 24.3 Å². The molecule has 3 rings (SSSR count). The van der Waals surface area contributed by atoms with Gasteiger partial charge in [-0.2, -0.15) is 0 Å². The summed E-state index contributed by atoms with van der Waals surface area (Å²) >= 11 is 0. The molecule has 2 fully saturated rings. The highest BCUT2D eigenvalue weighted by molar-refractivity contribution is 7.89. The minimum absolute atomic E-state index is 0.0178. The maximum absolute atomic E-state index is 12.9. The van der Waals surface area contributed by atoms with Crippen LogP contribution in [-0.4, -0.2) is 72.8 Å². The fourth-order valence-corrected chi connectivity index (χ4v) is 5.22. The highest BCUT2D eigenvalue weighted by atomic mass is 32.2. The summed E-state index contributed by atoms with van der Waals surface area (Å²) in [6.45, 7) is 5.73. The molecule has 1 aromatic carbocycles. The van der Waals surface area contributed by atoms with Crippen molar-refractivity contribution in [1.29, 1.82) is 0 Å². The van der Waals surface area contributed by atoms with Crippen LogP contribution < -0.4 is 0 Å². The zero-order valence-corrected chi connectivity index (χ0v) is 18.3. The molecule has 1 aromatic rings. The third-order valence-electron chi connectivity index (χ3n) is 6.15. The Hall–Kier alpha value is -1.93. The number of aryl methyl sites for hydroxylation is 1. The second-order valence-corrected chi connectivity index (χ2v) is 10.5. The summed E-state index contributed by atoms with van der Waals surface area (Å²) in [5.41, 5.74) is 2.24. The molecule has 0 aliphatic carbocycles. The number of benzene rings is 1. The van der Waals surface area contributed by atoms with E-state index in [9.17, 15) is 18.0 Å². The van der Waals surface area contributed by atoms with Gasteiger partial charge in [-0.05, 0) is 32.3 Å². The molecule has 2 amide bonds. The number of likely N-dealkylation sites (tertiary alicyclic amines) is 2. The zero-order valence-electron chi connectivity index (χ0n) is 17.5. The minimum Gasteiger partial charge on any atom is -0.342 e. The fourth-order valence-electron chi connectivity index (χ4n) is 4.14. The maximum atomic E-state index is 12.9. The van der Waals surface area contributed by atoms with Gasteiger partial charge in [-0.25, -0.2) is 12.7 Å². The normalized spacial score (nSPS) is 21.2. The molecule has 0 N–H and O–H groups in total. The minimum atomic E-state index is -3.22. The Labute approximate surface area is 173 Å². The van der Waals surface area contributed by atoms with Gasteiger partial charge in [0.05, 0.1) is 11.7 Å². The van der Waals surface area contributed by atoms with Crippen molar-refractivity contribution in [3.8, 4) is 0 Å². The molecule has 2 aliphatic heterocycles. The van der Waals surface area contributed by atoms with Crippen molar-refractivity contribution < 1.29 is 18.0 Å². The van der Waals surface area contributed by atoms with Gasteiger partial charge in [0.1, 0.15) is 0 Å². The molecule has 160 valence electrons. The average molecular weight is 422 g/mol. The second kappa shape index (κ2) is 8.83.